The fraction of sp³-hybridized carbons (Fsp3) is 0.435. The van der Waals surface area contributed by atoms with Crippen LogP contribution in [0.2, 0.25) is 0 Å². The molecule has 1 fully saturated rings. The molecule has 0 bridgehead atoms. The lowest BCUT2D eigenvalue weighted by molar-refractivity contribution is -0.137. The lowest BCUT2D eigenvalue weighted by Crippen LogP contribution is -2.30. The second-order valence-corrected chi connectivity index (χ2v) is 8.53. The van der Waals surface area contributed by atoms with Gasteiger partial charge in [-0.2, -0.15) is 17.5 Å². The maximum absolute atomic E-state index is 12.8. The van der Waals surface area contributed by atoms with Crippen LogP contribution in [-0.2, 0) is 6.18 Å². The molecule has 0 spiro atoms. The first kappa shape index (κ1) is 21.1. The molecule has 2 heterocycles. The first-order valence-electron chi connectivity index (χ1n) is 10.4. The van der Waals surface area contributed by atoms with Crippen molar-refractivity contribution >= 4 is 21.6 Å². The Bertz CT molecular complexity index is 963. The Morgan fingerprint density at radius 2 is 1.73 bits per heavy atom. The predicted molar refractivity (Wildman–Crippen MR) is 115 cm³/mol. The van der Waals surface area contributed by atoms with E-state index >= 15 is 0 Å². The third-order valence-corrected chi connectivity index (χ3v) is 6.32. The van der Waals surface area contributed by atoms with E-state index in [2.05, 4.69) is 9.27 Å². The molecule has 160 valence electrons. The number of halogens is 3. The summed E-state index contributed by atoms with van der Waals surface area (Å²) in [5.41, 5.74) is 0.735. The van der Waals surface area contributed by atoms with Crippen LogP contribution in [0.3, 0.4) is 0 Å². The van der Waals surface area contributed by atoms with Gasteiger partial charge in [-0.1, -0.05) is 18.6 Å². The van der Waals surface area contributed by atoms with Crippen LogP contribution in [0, 0.1) is 0 Å². The van der Waals surface area contributed by atoms with Crippen LogP contribution in [-0.4, -0.2) is 35.5 Å². The lowest BCUT2D eigenvalue weighted by Gasteiger charge is -2.26. The second kappa shape index (κ2) is 9.35. The molecule has 3 aromatic rings. The number of aromatic nitrogens is 1. The van der Waals surface area contributed by atoms with Crippen molar-refractivity contribution in [1.82, 2.24) is 9.27 Å². The Balaban J connectivity index is 1.34. The highest BCUT2D eigenvalue weighted by Gasteiger charge is 2.30. The SMILES string of the molecule is FC(F)(F)c1ccc(-c2nsc3cc(OCCCCN4CCCCC4)ccc23)cc1. The molecule has 0 aliphatic carbocycles. The Hall–Kier alpha value is -2.12. The Morgan fingerprint density at radius 3 is 2.47 bits per heavy atom. The summed E-state index contributed by atoms with van der Waals surface area (Å²) < 4.78 is 49.7. The van der Waals surface area contributed by atoms with Crippen LogP contribution < -0.4 is 4.74 Å². The Morgan fingerprint density at radius 1 is 0.967 bits per heavy atom. The topological polar surface area (TPSA) is 25.4 Å². The van der Waals surface area contributed by atoms with Crippen molar-refractivity contribution in [3.63, 3.8) is 0 Å². The number of fused-ring (bicyclic) bond motifs is 1. The number of nitrogens with zero attached hydrogens (tertiary/aromatic N) is 2. The van der Waals surface area contributed by atoms with Gasteiger partial charge in [-0.25, -0.2) is 0 Å². The molecular weight excluding hydrogens is 409 g/mol. The molecule has 0 amide bonds. The summed E-state index contributed by atoms with van der Waals surface area (Å²) in [6, 6.07) is 11.0. The van der Waals surface area contributed by atoms with Gasteiger partial charge in [0.1, 0.15) is 5.75 Å². The third-order valence-electron chi connectivity index (χ3n) is 5.52. The van der Waals surface area contributed by atoms with Gasteiger partial charge in [0, 0.05) is 10.9 Å². The summed E-state index contributed by atoms with van der Waals surface area (Å²) in [6.07, 6.45) is 1.83. The molecule has 0 N–H and O–H groups in total. The molecule has 0 saturated carbocycles. The van der Waals surface area contributed by atoms with E-state index in [1.165, 1.54) is 56.0 Å². The molecule has 1 saturated heterocycles. The fourth-order valence-electron chi connectivity index (χ4n) is 3.84. The normalized spacial score (nSPS) is 15.6. The summed E-state index contributed by atoms with van der Waals surface area (Å²) in [4.78, 5) is 2.54. The van der Waals surface area contributed by atoms with Crippen molar-refractivity contribution in [2.75, 3.05) is 26.2 Å². The number of likely N-dealkylation sites (tertiary alicyclic amines) is 1. The highest BCUT2D eigenvalue weighted by Crippen LogP contribution is 2.35. The largest absolute Gasteiger partial charge is 0.494 e. The summed E-state index contributed by atoms with van der Waals surface area (Å²) in [7, 11) is 0. The summed E-state index contributed by atoms with van der Waals surface area (Å²) >= 11 is 1.34. The van der Waals surface area contributed by atoms with Crippen LogP contribution in [0.25, 0.3) is 21.3 Å². The van der Waals surface area contributed by atoms with Crippen molar-refractivity contribution in [3.05, 3.63) is 48.0 Å². The number of piperidine rings is 1. The molecule has 0 unspecified atom stereocenters. The number of hydrogen-bond acceptors (Lipinski definition) is 4. The van der Waals surface area contributed by atoms with Gasteiger partial charge in [-0.05, 0) is 87.2 Å². The molecule has 3 nitrogen and oxygen atoms in total. The molecule has 1 aromatic heterocycles. The van der Waals surface area contributed by atoms with E-state index in [0.29, 0.717) is 17.9 Å². The first-order valence-corrected chi connectivity index (χ1v) is 11.2. The average Bonchev–Trinajstić information content (AvgIpc) is 3.17. The van der Waals surface area contributed by atoms with E-state index in [0.717, 1.165) is 47.4 Å². The zero-order valence-corrected chi connectivity index (χ0v) is 17.6. The minimum Gasteiger partial charge on any atom is -0.494 e. The molecule has 4 rings (SSSR count). The van der Waals surface area contributed by atoms with Crippen molar-refractivity contribution in [2.45, 2.75) is 38.3 Å². The molecule has 30 heavy (non-hydrogen) atoms. The van der Waals surface area contributed by atoms with Gasteiger partial charge in [0.2, 0.25) is 0 Å². The van der Waals surface area contributed by atoms with Crippen LogP contribution in [0.1, 0.15) is 37.7 Å². The number of alkyl halides is 3. The number of benzene rings is 2. The molecule has 7 heteroatoms. The number of hydrogen-bond donors (Lipinski definition) is 0. The van der Waals surface area contributed by atoms with E-state index in [-0.39, 0.29) is 0 Å². The molecular formula is C23H25F3N2OS. The number of rotatable bonds is 7. The van der Waals surface area contributed by atoms with E-state index in [9.17, 15) is 13.2 Å². The van der Waals surface area contributed by atoms with E-state index in [1.807, 2.05) is 18.2 Å². The Kier molecular flexibility index (Phi) is 6.58. The minimum atomic E-state index is -4.33. The second-order valence-electron chi connectivity index (χ2n) is 7.72. The van der Waals surface area contributed by atoms with Crippen molar-refractivity contribution < 1.29 is 17.9 Å². The van der Waals surface area contributed by atoms with E-state index in [1.54, 1.807) is 0 Å². The lowest BCUT2D eigenvalue weighted by atomic mass is 10.1. The van der Waals surface area contributed by atoms with Gasteiger partial charge < -0.3 is 9.64 Å². The van der Waals surface area contributed by atoms with Gasteiger partial charge in [-0.15, -0.1) is 0 Å². The first-order chi connectivity index (χ1) is 14.5. The monoisotopic (exact) mass is 434 g/mol. The van der Waals surface area contributed by atoms with Crippen LogP contribution in [0.5, 0.6) is 5.75 Å². The number of ether oxygens (including phenoxy) is 1. The summed E-state index contributed by atoms with van der Waals surface area (Å²) in [5, 5.41) is 0.928. The van der Waals surface area contributed by atoms with Crippen molar-refractivity contribution in [2.24, 2.45) is 0 Å². The molecule has 1 aliphatic rings. The van der Waals surface area contributed by atoms with Gasteiger partial charge in [0.15, 0.2) is 0 Å². The molecule has 0 radical (unpaired) electrons. The number of unbranched alkanes of at least 4 members (excludes halogenated alkanes) is 1. The smallest absolute Gasteiger partial charge is 0.416 e. The van der Waals surface area contributed by atoms with Gasteiger partial charge in [-0.3, -0.25) is 0 Å². The summed E-state index contributed by atoms with van der Waals surface area (Å²) in [5.74, 6) is 0.808. The van der Waals surface area contributed by atoms with Gasteiger partial charge in [0.25, 0.3) is 0 Å². The summed E-state index contributed by atoms with van der Waals surface area (Å²) in [6.45, 7) is 4.28. The molecule has 1 aliphatic heterocycles. The van der Waals surface area contributed by atoms with Crippen LogP contribution in [0.15, 0.2) is 42.5 Å². The van der Waals surface area contributed by atoms with Crippen LogP contribution >= 0.6 is 11.5 Å². The minimum absolute atomic E-state index is 0.651. The van der Waals surface area contributed by atoms with Crippen molar-refractivity contribution in [3.8, 4) is 17.0 Å². The Labute approximate surface area is 178 Å². The quantitative estimate of drug-likeness (QED) is 0.391. The maximum atomic E-state index is 12.8. The van der Waals surface area contributed by atoms with Crippen molar-refractivity contribution in [1.29, 1.82) is 0 Å². The van der Waals surface area contributed by atoms with E-state index in [4.69, 9.17) is 4.74 Å². The van der Waals surface area contributed by atoms with Crippen LogP contribution in [0.4, 0.5) is 13.2 Å². The zero-order valence-electron chi connectivity index (χ0n) is 16.8. The predicted octanol–water partition coefficient (Wildman–Crippen LogP) is 6.63. The molecule has 2 aromatic carbocycles. The molecule has 0 atom stereocenters. The van der Waals surface area contributed by atoms with E-state index < -0.39 is 11.7 Å². The maximum Gasteiger partial charge on any atom is 0.416 e. The highest BCUT2D eigenvalue weighted by molar-refractivity contribution is 7.13. The average molecular weight is 435 g/mol. The fourth-order valence-corrected chi connectivity index (χ4v) is 4.67. The zero-order chi connectivity index (χ0) is 21.0. The van der Waals surface area contributed by atoms with Gasteiger partial charge in [0.05, 0.1) is 22.6 Å². The van der Waals surface area contributed by atoms with Gasteiger partial charge >= 0.3 is 6.18 Å². The standard InChI is InChI=1S/C23H25F3N2OS/c24-23(25,26)18-8-6-17(7-9-18)22-20-11-10-19(16-21(20)30-27-22)29-15-5-4-14-28-12-2-1-3-13-28/h6-11,16H,1-5,12-15H2. The highest BCUT2D eigenvalue weighted by atomic mass is 32.1. The third kappa shape index (κ3) is 5.13.